The number of rotatable bonds is 8. The molecular weight excluding hydrogens is 461 g/mol. The SMILES string of the molecule is O=C([O-])COc1cccc(Cc2ccccc2-c2nc(-c3ccccc3)c(-c3ccccc3)o2)c1.[Na+]. The standard InChI is InChI=1S/C30H23NO4.Na/c32-27(33)20-34-25-16-9-10-21(19-25)18-24-15-7-8-17-26(24)30-31-28(22-11-3-1-4-12-22)29(35-30)23-13-5-2-6-14-23;/h1-17,19H,18,20H2,(H,32,33);/q;+1/p-1. The molecule has 0 aliphatic carbocycles. The fourth-order valence-electron chi connectivity index (χ4n) is 4.00. The zero-order chi connectivity index (χ0) is 24.0. The van der Waals surface area contributed by atoms with Crippen molar-refractivity contribution in [1.29, 1.82) is 0 Å². The molecule has 0 unspecified atom stereocenters. The Morgan fingerprint density at radius 3 is 2.19 bits per heavy atom. The summed E-state index contributed by atoms with van der Waals surface area (Å²) in [4.78, 5) is 15.7. The molecule has 6 heteroatoms. The third-order valence-corrected chi connectivity index (χ3v) is 5.61. The summed E-state index contributed by atoms with van der Waals surface area (Å²) in [5, 5.41) is 10.7. The van der Waals surface area contributed by atoms with Crippen LogP contribution in [0.25, 0.3) is 34.0 Å². The van der Waals surface area contributed by atoms with Crippen LogP contribution in [0.2, 0.25) is 0 Å². The minimum absolute atomic E-state index is 0. The van der Waals surface area contributed by atoms with Crippen LogP contribution in [0.4, 0.5) is 0 Å². The molecule has 5 nitrogen and oxygen atoms in total. The summed E-state index contributed by atoms with van der Waals surface area (Å²) in [5.41, 5.74) is 5.64. The summed E-state index contributed by atoms with van der Waals surface area (Å²) < 4.78 is 11.7. The maximum Gasteiger partial charge on any atom is 1.00 e. The Kier molecular flexibility index (Phi) is 8.39. The van der Waals surface area contributed by atoms with E-state index in [1.165, 1.54) is 0 Å². The normalized spacial score (nSPS) is 10.4. The molecule has 5 aromatic rings. The van der Waals surface area contributed by atoms with Crippen LogP contribution in [0.1, 0.15) is 11.1 Å². The van der Waals surface area contributed by atoms with Gasteiger partial charge < -0.3 is 19.1 Å². The van der Waals surface area contributed by atoms with Crippen molar-refractivity contribution in [1.82, 2.24) is 4.98 Å². The largest absolute Gasteiger partial charge is 1.00 e. The number of aliphatic carboxylic acids is 1. The van der Waals surface area contributed by atoms with E-state index in [2.05, 4.69) is 0 Å². The summed E-state index contributed by atoms with van der Waals surface area (Å²) >= 11 is 0. The zero-order valence-corrected chi connectivity index (χ0v) is 21.9. The number of carboxylic acids is 1. The first kappa shape index (κ1) is 25.5. The average molecular weight is 483 g/mol. The van der Waals surface area contributed by atoms with Gasteiger partial charge in [0.05, 0.1) is 5.97 Å². The first-order chi connectivity index (χ1) is 17.2. The third kappa shape index (κ3) is 5.94. The Bertz CT molecular complexity index is 1390. The van der Waals surface area contributed by atoms with Crippen molar-refractivity contribution in [2.45, 2.75) is 6.42 Å². The van der Waals surface area contributed by atoms with E-state index in [1.54, 1.807) is 6.07 Å². The number of benzene rings is 4. The second kappa shape index (κ2) is 11.9. The second-order valence-corrected chi connectivity index (χ2v) is 8.07. The number of carbonyl (C=O) groups is 1. The van der Waals surface area contributed by atoms with Crippen LogP contribution in [0, 0.1) is 0 Å². The van der Waals surface area contributed by atoms with Crippen molar-refractivity contribution >= 4 is 5.97 Å². The number of oxazole rings is 1. The van der Waals surface area contributed by atoms with Crippen molar-refractivity contribution < 1.29 is 48.6 Å². The maximum atomic E-state index is 10.7. The topological polar surface area (TPSA) is 75.4 Å². The molecule has 0 saturated carbocycles. The molecule has 0 saturated heterocycles. The van der Waals surface area contributed by atoms with Crippen LogP contribution >= 0.6 is 0 Å². The molecule has 4 aromatic carbocycles. The van der Waals surface area contributed by atoms with Crippen molar-refractivity contribution in [3.05, 3.63) is 120 Å². The van der Waals surface area contributed by atoms with Gasteiger partial charge in [0.2, 0.25) is 5.89 Å². The first-order valence-electron chi connectivity index (χ1n) is 11.3. The monoisotopic (exact) mass is 483 g/mol. The smallest absolute Gasteiger partial charge is 0.546 e. The second-order valence-electron chi connectivity index (χ2n) is 8.07. The van der Waals surface area contributed by atoms with Crippen molar-refractivity contribution in [2.75, 3.05) is 6.61 Å². The number of aromatic nitrogens is 1. The number of hydrogen-bond acceptors (Lipinski definition) is 5. The van der Waals surface area contributed by atoms with Gasteiger partial charge in [-0.2, -0.15) is 0 Å². The van der Waals surface area contributed by atoms with E-state index >= 15 is 0 Å². The van der Waals surface area contributed by atoms with Gasteiger partial charge in [-0.15, -0.1) is 0 Å². The number of carbonyl (C=O) groups excluding carboxylic acids is 1. The van der Waals surface area contributed by atoms with Gasteiger partial charge in [-0.05, 0) is 35.7 Å². The molecule has 0 amide bonds. The van der Waals surface area contributed by atoms with E-state index in [0.717, 1.165) is 39.3 Å². The Labute approximate surface area is 231 Å². The van der Waals surface area contributed by atoms with Crippen molar-refractivity contribution in [2.24, 2.45) is 0 Å². The van der Waals surface area contributed by atoms with Crippen LogP contribution in [-0.2, 0) is 11.2 Å². The predicted octanol–water partition coefficient (Wildman–Crippen LogP) is 2.40. The molecule has 0 aliphatic rings. The third-order valence-electron chi connectivity index (χ3n) is 5.61. The number of nitrogens with zero attached hydrogens (tertiary/aromatic N) is 1. The zero-order valence-electron chi connectivity index (χ0n) is 19.9. The van der Waals surface area contributed by atoms with Gasteiger partial charge >= 0.3 is 29.6 Å². The van der Waals surface area contributed by atoms with Crippen molar-refractivity contribution in [3.8, 4) is 39.8 Å². The molecule has 36 heavy (non-hydrogen) atoms. The molecule has 0 spiro atoms. The van der Waals surface area contributed by atoms with Crippen LogP contribution in [0.3, 0.4) is 0 Å². The van der Waals surface area contributed by atoms with Gasteiger partial charge in [-0.3, -0.25) is 0 Å². The number of carboxylic acid groups (broad SMARTS) is 1. The van der Waals surface area contributed by atoms with Crippen LogP contribution in [-0.4, -0.2) is 17.6 Å². The molecule has 0 N–H and O–H groups in total. The molecule has 5 rings (SSSR count). The maximum absolute atomic E-state index is 10.7. The molecule has 1 heterocycles. The quantitative estimate of drug-likeness (QED) is 0.317. The van der Waals surface area contributed by atoms with Gasteiger partial charge in [-0.25, -0.2) is 4.98 Å². The Morgan fingerprint density at radius 2 is 1.47 bits per heavy atom. The van der Waals surface area contributed by atoms with Gasteiger partial charge in [0, 0.05) is 16.7 Å². The first-order valence-corrected chi connectivity index (χ1v) is 11.3. The van der Waals surface area contributed by atoms with Gasteiger partial charge in [0.25, 0.3) is 0 Å². The molecule has 172 valence electrons. The molecule has 0 aliphatic heterocycles. The summed E-state index contributed by atoms with van der Waals surface area (Å²) in [6, 6.07) is 35.3. The van der Waals surface area contributed by atoms with Crippen LogP contribution in [0.5, 0.6) is 5.75 Å². The fourth-order valence-corrected chi connectivity index (χ4v) is 4.00. The predicted molar refractivity (Wildman–Crippen MR) is 133 cm³/mol. The Hall–Kier alpha value is -3.64. The van der Waals surface area contributed by atoms with E-state index in [9.17, 15) is 9.90 Å². The molecule has 0 fully saturated rings. The van der Waals surface area contributed by atoms with E-state index in [1.807, 2.05) is 103 Å². The van der Waals surface area contributed by atoms with Crippen LogP contribution < -0.4 is 39.4 Å². The Balaban J connectivity index is 0.00000304. The number of ether oxygens (including phenoxy) is 1. The molecule has 0 bridgehead atoms. The Morgan fingerprint density at radius 1 is 0.806 bits per heavy atom. The van der Waals surface area contributed by atoms with Crippen LogP contribution in [0.15, 0.2) is 114 Å². The van der Waals surface area contributed by atoms with E-state index in [0.29, 0.717) is 18.1 Å². The van der Waals surface area contributed by atoms with E-state index < -0.39 is 12.6 Å². The molecular formula is C30H22NNaO4. The van der Waals surface area contributed by atoms with Crippen molar-refractivity contribution in [3.63, 3.8) is 0 Å². The molecule has 1 aromatic heterocycles. The van der Waals surface area contributed by atoms with Gasteiger partial charge in [0.15, 0.2) is 5.76 Å². The minimum Gasteiger partial charge on any atom is -0.546 e. The summed E-state index contributed by atoms with van der Waals surface area (Å²) in [6.07, 6.45) is 0.600. The number of hydrogen-bond donors (Lipinski definition) is 0. The minimum atomic E-state index is -1.26. The summed E-state index contributed by atoms with van der Waals surface area (Å²) in [6.45, 7) is -0.485. The van der Waals surface area contributed by atoms with E-state index in [4.69, 9.17) is 14.1 Å². The molecule has 0 radical (unpaired) electrons. The summed E-state index contributed by atoms with van der Waals surface area (Å²) in [5.74, 6) is 0.494. The average Bonchev–Trinajstić information content (AvgIpc) is 3.34. The fraction of sp³-hybridized carbons (Fsp3) is 0.0667. The van der Waals surface area contributed by atoms with E-state index in [-0.39, 0.29) is 29.6 Å². The summed E-state index contributed by atoms with van der Waals surface area (Å²) in [7, 11) is 0. The van der Waals surface area contributed by atoms with Gasteiger partial charge in [-0.1, -0.05) is 91.0 Å². The molecule has 0 atom stereocenters. The van der Waals surface area contributed by atoms with Gasteiger partial charge in [0.1, 0.15) is 18.1 Å².